The molecule has 2 amide bonds. The summed E-state index contributed by atoms with van der Waals surface area (Å²) in [5.74, 6) is -0.112. The fourth-order valence-electron chi connectivity index (χ4n) is 2.14. The van der Waals surface area contributed by atoms with E-state index in [9.17, 15) is 9.59 Å². The second kappa shape index (κ2) is 11.5. The topological polar surface area (TPSA) is 70.7 Å². The average Bonchev–Trinajstić information content (AvgIpc) is 2.59. The molecule has 6 nitrogen and oxygen atoms in total. The van der Waals surface area contributed by atoms with Gasteiger partial charge in [-0.2, -0.15) is 0 Å². The fraction of sp³-hybridized carbons (Fsp3) is 0.556. The van der Waals surface area contributed by atoms with Gasteiger partial charge in [0.15, 0.2) is 0 Å². The number of benzene rings is 1. The average molecular weight is 335 g/mol. The molecule has 134 valence electrons. The summed E-state index contributed by atoms with van der Waals surface area (Å²) in [6.07, 6.45) is 1.35. The number of carbonyl (C=O) groups excluding carboxylic acids is 2. The first kappa shape index (κ1) is 20.0. The molecule has 0 fully saturated rings. The summed E-state index contributed by atoms with van der Waals surface area (Å²) in [5.41, 5.74) is 1.18. The van der Waals surface area contributed by atoms with Gasteiger partial charge in [-0.25, -0.2) is 4.79 Å². The molecule has 6 heteroatoms. The number of ether oxygens (including phenoxy) is 1. The van der Waals surface area contributed by atoms with Crippen molar-refractivity contribution < 1.29 is 14.3 Å². The first-order valence-electron chi connectivity index (χ1n) is 8.65. The molecule has 0 radical (unpaired) electrons. The zero-order valence-electron chi connectivity index (χ0n) is 14.9. The van der Waals surface area contributed by atoms with Crippen LogP contribution in [-0.4, -0.2) is 49.7 Å². The molecule has 0 atom stereocenters. The number of nitrogens with one attached hydrogen (secondary N) is 2. The van der Waals surface area contributed by atoms with Crippen LogP contribution in [0.4, 0.5) is 10.5 Å². The second-order valence-corrected chi connectivity index (χ2v) is 5.47. The molecule has 0 saturated heterocycles. The molecule has 0 aliphatic rings. The molecule has 0 aromatic heterocycles. The Kier molecular flexibility index (Phi) is 9.53. The standard InChI is InChI=1S/C18H29N3O3/c1-4-7-14-24-18(23)20-16-10-8-15(9-11-16)17(22)19-12-13-21(5-2)6-3/h8-11H,4-7,12-14H2,1-3H3,(H,19,22)(H,20,23). The summed E-state index contributed by atoms with van der Waals surface area (Å²) in [6.45, 7) is 10.0. The van der Waals surface area contributed by atoms with E-state index in [1.165, 1.54) is 0 Å². The van der Waals surface area contributed by atoms with E-state index < -0.39 is 6.09 Å². The molecule has 1 aromatic rings. The van der Waals surface area contributed by atoms with Gasteiger partial charge in [0, 0.05) is 24.3 Å². The van der Waals surface area contributed by atoms with Crippen molar-refractivity contribution in [3.8, 4) is 0 Å². The Labute approximate surface area is 144 Å². The number of amides is 2. The summed E-state index contributed by atoms with van der Waals surface area (Å²) < 4.78 is 5.03. The fourth-order valence-corrected chi connectivity index (χ4v) is 2.14. The van der Waals surface area contributed by atoms with Gasteiger partial charge in [-0.05, 0) is 43.8 Å². The molecule has 0 spiro atoms. The number of anilines is 1. The van der Waals surface area contributed by atoms with Crippen LogP contribution >= 0.6 is 0 Å². The van der Waals surface area contributed by atoms with Crippen molar-refractivity contribution in [1.82, 2.24) is 10.2 Å². The van der Waals surface area contributed by atoms with Crippen LogP contribution in [0.25, 0.3) is 0 Å². The summed E-state index contributed by atoms with van der Waals surface area (Å²) in [6, 6.07) is 6.77. The minimum Gasteiger partial charge on any atom is -0.449 e. The SMILES string of the molecule is CCCCOC(=O)Nc1ccc(C(=O)NCCN(CC)CC)cc1. The van der Waals surface area contributed by atoms with E-state index in [0.717, 1.165) is 32.5 Å². The van der Waals surface area contributed by atoms with Crippen LogP contribution in [0.15, 0.2) is 24.3 Å². The van der Waals surface area contributed by atoms with Crippen molar-refractivity contribution in [2.75, 3.05) is 38.1 Å². The Morgan fingerprint density at radius 1 is 1.08 bits per heavy atom. The third-order valence-electron chi connectivity index (χ3n) is 3.73. The number of unbranched alkanes of at least 4 members (excludes halogenated alkanes) is 1. The zero-order valence-corrected chi connectivity index (χ0v) is 14.9. The van der Waals surface area contributed by atoms with E-state index in [1.54, 1.807) is 24.3 Å². The van der Waals surface area contributed by atoms with Gasteiger partial charge in [-0.3, -0.25) is 10.1 Å². The highest BCUT2D eigenvalue weighted by Gasteiger charge is 2.07. The first-order valence-corrected chi connectivity index (χ1v) is 8.65. The quantitative estimate of drug-likeness (QED) is 0.645. The molecule has 0 aliphatic heterocycles. The van der Waals surface area contributed by atoms with Crippen molar-refractivity contribution in [2.24, 2.45) is 0 Å². The van der Waals surface area contributed by atoms with E-state index >= 15 is 0 Å². The van der Waals surface area contributed by atoms with Crippen molar-refractivity contribution in [3.63, 3.8) is 0 Å². The van der Waals surface area contributed by atoms with Gasteiger partial charge in [0.1, 0.15) is 0 Å². The summed E-state index contributed by atoms with van der Waals surface area (Å²) in [5, 5.41) is 5.54. The smallest absolute Gasteiger partial charge is 0.411 e. The molecule has 0 heterocycles. The van der Waals surface area contributed by atoms with Crippen molar-refractivity contribution in [2.45, 2.75) is 33.6 Å². The normalized spacial score (nSPS) is 10.5. The van der Waals surface area contributed by atoms with Gasteiger partial charge in [-0.15, -0.1) is 0 Å². The highest BCUT2D eigenvalue weighted by atomic mass is 16.5. The molecular formula is C18H29N3O3. The van der Waals surface area contributed by atoms with Gasteiger partial charge < -0.3 is 15.0 Å². The van der Waals surface area contributed by atoms with E-state index in [2.05, 4.69) is 29.4 Å². The Bertz CT molecular complexity index is 499. The maximum atomic E-state index is 12.1. The zero-order chi connectivity index (χ0) is 17.8. The summed E-state index contributed by atoms with van der Waals surface area (Å²) in [7, 11) is 0. The molecule has 24 heavy (non-hydrogen) atoms. The van der Waals surface area contributed by atoms with Gasteiger partial charge in [-0.1, -0.05) is 27.2 Å². The predicted molar refractivity (Wildman–Crippen MR) is 96.4 cm³/mol. The molecular weight excluding hydrogens is 306 g/mol. The number of hydrogen-bond acceptors (Lipinski definition) is 4. The van der Waals surface area contributed by atoms with Crippen LogP contribution in [0, 0.1) is 0 Å². The Balaban J connectivity index is 2.40. The lowest BCUT2D eigenvalue weighted by Gasteiger charge is -2.17. The highest BCUT2D eigenvalue weighted by molar-refractivity contribution is 5.95. The van der Waals surface area contributed by atoms with E-state index in [0.29, 0.717) is 24.4 Å². The Morgan fingerprint density at radius 3 is 2.33 bits per heavy atom. The lowest BCUT2D eigenvalue weighted by molar-refractivity contribution is 0.0949. The van der Waals surface area contributed by atoms with E-state index in [1.807, 2.05) is 6.92 Å². The molecule has 2 N–H and O–H groups in total. The van der Waals surface area contributed by atoms with Gasteiger partial charge in [0.05, 0.1) is 6.61 Å². The van der Waals surface area contributed by atoms with E-state index in [4.69, 9.17) is 4.74 Å². The molecule has 0 saturated carbocycles. The van der Waals surface area contributed by atoms with Crippen molar-refractivity contribution in [3.05, 3.63) is 29.8 Å². The summed E-state index contributed by atoms with van der Waals surface area (Å²) in [4.78, 5) is 25.9. The molecule has 0 unspecified atom stereocenters. The van der Waals surface area contributed by atoms with Crippen molar-refractivity contribution in [1.29, 1.82) is 0 Å². The lowest BCUT2D eigenvalue weighted by Crippen LogP contribution is -2.34. The summed E-state index contributed by atoms with van der Waals surface area (Å²) >= 11 is 0. The predicted octanol–water partition coefficient (Wildman–Crippen LogP) is 3.11. The minimum atomic E-state index is -0.472. The van der Waals surface area contributed by atoms with Crippen LogP contribution in [0.3, 0.4) is 0 Å². The third kappa shape index (κ3) is 7.46. The van der Waals surface area contributed by atoms with E-state index in [-0.39, 0.29) is 5.91 Å². The van der Waals surface area contributed by atoms with Gasteiger partial charge in [0.25, 0.3) is 5.91 Å². The number of nitrogens with zero attached hydrogens (tertiary/aromatic N) is 1. The highest BCUT2D eigenvalue weighted by Crippen LogP contribution is 2.10. The Morgan fingerprint density at radius 2 is 1.75 bits per heavy atom. The molecule has 1 aromatic carbocycles. The van der Waals surface area contributed by atoms with Crippen LogP contribution in [0.5, 0.6) is 0 Å². The Hall–Kier alpha value is -2.08. The lowest BCUT2D eigenvalue weighted by atomic mass is 10.2. The van der Waals surface area contributed by atoms with Crippen molar-refractivity contribution >= 4 is 17.7 Å². The number of likely N-dealkylation sites (N-methyl/N-ethyl adjacent to an activating group) is 1. The first-order chi connectivity index (χ1) is 11.6. The molecule has 1 rings (SSSR count). The number of hydrogen-bond donors (Lipinski definition) is 2. The van der Waals surface area contributed by atoms with Gasteiger partial charge in [0.2, 0.25) is 0 Å². The maximum absolute atomic E-state index is 12.1. The number of rotatable bonds is 10. The monoisotopic (exact) mass is 335 g/mol. The molecule has 0 aliphatic carbocycles. The second-order valence-electron chi connectivity index (χ2n) is 5.47. The van der Waals surface area contributed by atoms with Crippen LogP contribution in [0.1, 0.15) is 44.0 Å². The van der Waals surface area contributed by atoms with Crippen LogP contribution in [-0.2, 0) is 4.74 Å². The minimum absolute atomic E-state index is 0.112. The maximum Gasteiger partial charge on any atom is 0.411 e. The number of carbonyl (C=O) groups is 2. The largest absolute Gasteiger partial charge is 0.449 e. The van der Waals surface area contributed by atoms with Crippen LogP contribution < -0.4 is 10.6 Å². The third-order valence-corrected chi connectivity index (χ3v) is 3.73. The molecule has 0 bridgehead atoms. The van der Waals surface area contributed by atoms with Gasteiger partial charge >= 0.3 is 6.09 Å². The van der Waals surface area contributed by atoms with Crippen LogP contribution in [0.2, 0.25) is 0 Å².